The average Bonchev–Trinajstić information content (AvgIpc) is 2.69. The van der Waals surface area contributed by atoms with Gasteiger partial charge in [0.1, 0.15) is 5.82 Å². The summed E-state index contributed by atoms with van der Waals surface area (Å²) in [5.41, 5.74) is 0.576. The van der Waals surface area contributed by atoms with Gasteiger partial charge in [-0.05, 0) is 25.5 Å². The number of hydrogen-bond acceptors (Lipinski definition) is 2. The molecule has 1 N–H and O–H groups in total. The van der Waals surface area contributed by atoms with E-state index < -0.39 is 11.6 Å². The molecular formula is C11H13F2NO. The Bertz CT molecular complexity index is 362. The van der Waals surface area contributed by atoms with Crippen molar-refractivity contribution in [2.75, 3.05) is 13.7 Å². The summed E-state index contributed by atoms with van der Waals surface area (Å²) in [4.78, 5) is 0. The first-order chi connectivity index (χ1) is 7.22. The Morgan fingerprint density at radius 3 is 2.80 bits per heavy atom. The van der Waals surface area contributed by atoms with Crippen molar-refractivity contribution in [1.29, 1.82) is 0 Å². The van der Waals surface area contributed by atoms with Crippen molar-refractivity contribution >= 4 is 0 Å². The number of rotatable bonds is 2. The summed E-state index contributed by atoms with van der Waals surface area (Å²) in [6.07, 6.45) is 1.91. The SMILES string of the molecule is COc1c(F)cc(F)cc1C1CCCN1. The summed E-state index contributed by atoms with van der Waals surface area (Å²) in [6, 6.07) is 2.19. The highest BCUT2D eigenvalue weighted by Gasteiger charge is 2.22. The van der Waals surface area contributed by atoms with E-state index in [9.17, 15) is 8.78 Å². The molecule has 1 aliphatic heterocycles. The van der Waals surface area contributed by atoms with Gasteiger partial charge in [0.2, 0.25) is 0 Å². The molecule has 0 radical (unpaired) electrons. The molecular weight excluding hydrogens is 200 g/mol. The van der Waals surface area contributed by atoms with Crippen molar-refractivity contribution in [2.45, 2.75) is 18.9 Å². The number of benzene rings is 1. The molecule has 82 valence electrons. The van der Waals surface area contributed by atoms with E-state index in [1.54, 1.807) is 0 Å². The van der Waals surface area contributed by atoms with Gasteiger partial charge >= 0.3 is 0 Å². The van der Waals surface area contributed by atoms with Crippen LogP contribution in [0.5, 0.6) is 5.75 Å². The van der Waals surface area contributed by atoms with E-state index in [4.69, 9.17) is 4.74 Å². The number of hydrogen-bond donors (Lipinski definition) is 1. The van der Waals surface area contributed by atoms with Gasteiger partial charge in [0.25, 0.3) is 0 Å². The van der Waals surface area contributed by atoms with Crippen LogP contribution in [0, 0.1) is 11.6 Å². The van der Waals surface area contributed by atoms with E-state index in [2.05, 4.69) is 5.32 Å². The van der Waals surface area contributed by atoms with Crippen LogP contribution in [0.15, 0.2) is 12.1 Å². The lowest BCUT2D eigenvalue weighted by atomic mass is 10.0. The smallest absolute Gasteiger partial charge is 0.168 e. The predicted octanol–water partition coefficient (Wildman–Crippen LogP) is 2.40. The minimum Gasteiger partial charge on any atom is -0.493 e. The first kappa shape index (κ1) is 10.4. The van der Waals surface area contributed by atoms with E-state index in [1.165, 1.54) is 13.2 Å². The molecule has 1 unspecified atom stereocenters. The van der Waals surface area contributed by atoms with Gasteiger partial charge in [-0.1, -0.05) is 0 Å². The zero-order chi connectivity index (χ0) is 10.8. The van der Waals surface area contributed by atoms with Crippen LogP contribution in [0.25, 0.3) is 0 Å². The molecule has 0 aliphatic carbocycles. The molecule has 0 aromatic heterocycles. The monoisotopic (exact) mass is 213 g/mol. The fourth-order valence-corrected chi connectivity index (χ4v) is 2.00. The van der Waals surface area contributed by atoms with Crippen molar-refractivity contribution in [3.63, 3.8) is 0 Å². The van der Waals surface area contributed by atoms with Gasteiger partial charge in [-0.15, -0.1) is 0 Å². The Kier molecular flexibility index (Phi) is 2.86. The second-order valence-corrected chi connectivity index (χ2v) is 3.66. The average molecular weight is 213 g/mol. The van der Waals surface area contributed by atoms with Crippen molar-refractivity contribution in [2.24, 2.45) is 0 Å². The fourth-order valence-electron chi connectivity index (χ4n) is 2.00. The summed E-state index contributed by atoms with van der Waals surface area (Å²) in [7, 11) is 1.40. The molecule has 1 atom stereocenters. The molecule has 1 aromatic rings. The van der Waals surface area contributed by atoms with Crippen LogP contribution < -0.4 is 10.1 Å². The quantitative estimate of drug-likeness (QED) is 0.814. The Morgan fingerprint density at radius 2 is 2.20 bits per heavy atom. The lowest BCUT2D eigenvalue weighted by Crippen LogP contribution is -2.14. The molecule has 1 fully saturated rings. The first-order valence-corrected chi connectivity index (χ1v) is 4.98. The summed E-state index contributed by atoms with van der Waals surface area (Å²) in [5.74, 6) is -1.05. The third-order valence-corrected chi connectivity index (χ3v) is 2.68. The molecule has 4 heteroatoms. The maximum Gasteiger partial charge on any atom is 0.168 e. The summed E-state index contributed by atoms with van der Waals surface area (Å²) < 4.78 is 31.4. The minimum absolute atomic E-state index is 0.00477. The zero-order valence-corrected chi connectivity index (χ0v) is 8.52. The van der Waals surface area contributed by atoms with Crippen LogP contribution in [0.3, 0.4) is 0 Å². The van der Waals surface area contributed by atoms with Crippen LogP contribution in [0.2, 0.25) is 0 Å². The molecule has 1 aromatic carbocycles. The van der Waals surface area contributed by atoms with Gasteiger partial charge in [0, 0.05) is 17.7 Å². The highest BCUT2D eigenvalue weighted by atomic mass is 19.1. The highest BCUT2D eigenvalue weighted by molar-refractivity contribution is 5.38. The molecule has 0 bridgehead atoms. The molecule has 0 amide bonds. The first-order valence-electron chi connectivity index (χ1n) is 4.98. The summed E-state index contributed by atoms with van der Waals surface area (Å²) >= 11 is 0. The minimum atomic E-state index is -0.638. The third kappa shape index (κ3) is 1.95. The van der Waals surface area contributed by atoms with Crippen LogP contribution in [-0.4, -0.2) is 13.7 Å². The standard InChI is InChI=1S/C11H13F2NO/c1-15-11-8(10-3-2-4-14-10)5-7(12)6-9(11)13/h5-6,10,14H,2-4H2,1H3. The lowest BCUT2D eigenvalue weighted by Gasteiger charge is -2.15. The molecule has 1 heterocycles. The van der Waals surface area contributed by atoms with Gasteiger partial charge in [-0.2, -0.15) is 0 Å². The second-order valence-electron chi connectivity index (χ2n) is 3.66. The van der Waals surface area contributed by atoms with E-state index in [0.717, 1.165) is 25.5 Å². The molecule has 15 heavy (non-hydrogen) atoms. The van der Waals surface area contributed by atoms with E-state index >= 15 is 0 Å². The van der Waals surface area contributed by atoms with Crippen molar-refractivity contribution in [3.8, 4) is 5.75 Å². The van der Waals surface area contributed by atoms with Gasteiger partial charge in [0.05, 0.1) is 7.11 Å². The van der Waals surface area contributed by atoms with E-state index in [1.807, 2.05) is 0 Å². The Labute approximate surface area is 87.2 Å². The van der Waals surface area contributed by atoms with E-state index in [0.29, 0.717) is 5.56 Å². The maximum absolute atomic E-state index is 13.4. The van der Waals surface area contributed by atoms with Gasteiger partial charge in [-0.25, -0.2) is 8.78 Å². The van der Waals surface area contributed by atoms with E-state index in [-0.39, 0.29) is 11.8 Å². The van der Waals surface area contributed by atoms with Crippen LogP contribution in [0.1, 0.15) is 24.4 Å². The van der Waals surface area contributed by atoms with Crippen LogP contribution in [0.4, 0.5) is 8.78 Å². The number of halogens is 2. The van der Waals surface area contributed by atoms with Crippen LogP contribution >= 0.6 is 0 Å². The number of ether oxygens (including phenoxy) is 1. The Morgan fingerprint density at radius 1 is 1.40 bits per heavy atom. The van der Waals surface area contributed by atoms with Gasteiger partial charge < -0.3 is 10.1 Å². The number of nitrogens with one attached hydrogen (secondary N) is 1. The second kappa shape index (κ2) is 4.14. The van der Waals surface area contributed by atoms with Gasteiger partial charge in [0.15, 0.2) is 11.6 Å². The topological polar surface area (TPSA) is 21.3 Å². The molecule has 1 aliphatic rings. The molecule has 0 saturated carbocycles. The Hall–Kier alpha value is -1.16. The zero-order valence-electron chi connectivity index (χ0n) is 8.52. The summed E-state index contributed by atoms with van der Waals surface area (Å²) in [5, 5.41) is 3.19. The number of methoxy groups -OCH3 is 1. The van der Waals surface area contributed by atoms with Crippen molar-refractivity contribution in [1.82, 2.24) is 5.32 Å². The maximum atomic E-state index is 13.4. The van der Waals surface area contributed by atoms with Crippen molar-refractivity contribution in [3.05, 3.63) is 29.3 Å². The fraction of sp³-hybridized carbons (Fsp3) is 0.455. The third-order valence-electron chi connectivity index (χ3n) is 2.68. The van der Waals surface area contributed by atoms with Gasteiger partial charge in [-0.3, -0.25) is 0 Å². The van der Waals surface area contributed by atoms with Crippen molar-refractivity contribution < 1.29 is 13.5 Å². The molecule has 2 nitrogen and oxygen atoms in total. The molecule has 0 spiro atoms. The molecule has 1 saturated heterocycles. The van der Waals surface area contributed by atoms with Crippen LogP contribution in [-0.2, 0) is 0 Å². The predicted molar refractivity (Wildman–Crippen MR) is 52.9 cm³/mol. The Balaban J connectivity index is 2.42. The molecule has 2 rings (SSSR count). The lowest BCUT2D eigenvalue weighted by molar-refractivity contribution is 0.372. The largest absolute Gasteiger partial charge is 0.493 e. The highest BCUT2D eigenvalue weighted by Crippen LogP contribution is 2.33. The summed E-state index contributed by atoms with van der Waals surface area (Å²) in [6.45, 7) is 0.881. The normalized spacial score (nSPS) is 20.6.